The van der Waals surface area contributed by atoms with Gasteiger partial charge in [0.1, 0.15) is 5.76 Å². The largest absolute Gasteiger partial charge is 0.512 e. The van der Waals surface area contributed by atoms with Crippen LogP contribution in [0.3, 0.4) is 0 Å². The number of allylic oxidation sites excluding steroid dienone is 2. The molecule has 251 valence electrons. The normalized spacial score (nSPS) is 12.0. The van der Waals surface area contributed by atoms with Gasteiger partial charge in [-0.2, -0.15) is 0 Å². The van der Waals surface area contributed by atoms with Gasteiger partial charge in [-0.1, -0.05) is 85.7 Å². The quantitative estimate of drug-likeness (QED) is 0.0866. The maximum atomic E-state index is 12.2. The Balaban J connectivity index is 0.000000290. The van der Waals surface area contributed by atoms with Crippen molar-refractivity contribution in [3.05, 3.63) is 101 Å². The van der Waals surface area contributed by atoms with E-state index in [1.165, 1.54) is 47.5 Å². The van der Waals surface area contributed by atoms with Crippen LogP contribution >= 0.6 is 22.7 Å². The molecule has 0 aliphatic carbocycles. The van der Waals surface area contributed by atoms with Crippen molar-refractivity contribution in [3.8, 4) is 31.5 Å². The summed E-state index contributed by atoms with van der Waals surface area (Å²) in [5, 5.41) is 11.4. The first-order valence-electron chi connectivity index (χ1n) is 16.4. The summed E-state index contributed by atoms with van der Waals surface area (Å²) < 4.78 is 1.25. The number of hydrogen-bond acceptors (Lipinski definition) is 5. The molecule has 0 amide bonds. The van der Waals surface area contributed by atoms with Crippen LogP contribution in [0.5, 0.6) is 0 Å². The molecule has 0 unspecified atom stereocenters. The standard InChI is InChI=1S/C26H20NS2.C15H28O2.Ir/c1-16-13-17(2)15-20(14-16)24-26-21(11-12-27-24)18(3)25(29-26)23-10-9-22(28-23)19-7-5-4-6-8-19;1-7-14(5,8-2)12(16)11-13(17)15(6,9-3)10-4;/h4-14H,1-3H3;11,16H,7-10H2,1-6H3;/q-1;;/b;12-11-;. The Morgan fingerprint density at radius 2 is 1.47 bits per heavy atom. The van der Waals surface area contributed by atoms with Crippen LogP contribution in [0, 0.1) is 37.7 Å². The van der Waals surface area contributed by atoms with Gasteiger partial charge in [0.15, 0.2) is 5.78 Å². The summed E-state index contributed by atoms with van der Waals surface area (Å²) in [5.41, 5.74) is 6.51. The van der Waals surface area contributed by atoms with E-state index in [2.05, 4.69) is 87.5 Å². The van der Waals surface area contributed by atoms with E-state index >= 15 is 0 Å². The number of carbonyl (C=O) groups is 1. The molecule has 0 fully saturated rings. The third-order valence-electron chi connectivity index (χ3n) is 9.75. The zero-order valence-electron chi connectivity index (χ0n) is 29.2. The summed E-state index contributed by atoms with van der Waals surface area (Å²) in [7, 11) is 0. The topological polar surface area (TPSA) is 50.2 Å². The fourth-order valence-electron chi connectivity index (χ4n) is 5.50. The van der Waals surface area contributed by atoms with Crippen LogP contribution < -0.4 is 0 Å². The van der Waals surface area contributed by atoms with Crippen molar-refractivity contribution in [3.63, 3.8) is 0 Å². The van der Waals surface area contributed by atoms with Crippen LogP contribution in [0.25, 0.3) is 41.5 Å². The second-order valence-electron chi connectivity index (χ2n) is 12.8. The predicted molar refractivity (Wildman–Crippen MR) is 200 cm³/mol. The van der Waals surface area contributed by atoms with E-state index in [4.69, 9.17) is 4.98 Å². The number of benzene rings is 2. The molecule has 0 spiro atoms. The Morgan fingerprint density at radius 3 is 2.06 bits per heavy atom. The summed E-state index contributed by atoms with van der Waals surface area (Å²) in [5.74, 6) is 0.286. The minimum Gasteiger partial charge on any atom is -0.512 e. The summed E-state index contributed by atoms with van der Waals surface area (Å²) in [6.07, 6.45) is 6.68. The number of fused-ring (bicyclic) bond motifs is 1. The Bertz CT molecular complexity index is 1800. The summed E-state index contributed by atoms with van der Waals surface area (Å²) in [4.78, 5) is 20.9. The SMILES string of the molecule is CCC(C)(CC)C(=O)/C=C(\O)C(C)(CC)CC.Cc1[c-]c(-c2nccc3c(C)c(-c4ccc(-c5ccccc5)s4)sc23)cc(C)c1.[Ir]. The third kappa shape index (κ3) is 8.59. The molecule has 5 aromatic rings. The Morgan fingerprint density at radius 1 is 0.851 bits per heavy atom. The van der Waals surface area contributed by atoms with Gasteiger partial charge in [-0.05, 0) is 67.3 Å². The number of rotatable bonds is 10. The van der Waals surface area contributed by atoms with Gasteiger partial charge >= 0.3 is 0 Å². The molecule has 0 saturated heterocycles. The van der Waals surface area contributed by atoms with Gasteiger partial charge in [0, 0.05) is 68.2 Å². The molecular weight excluding hydrogens is 795 g/mol. The second-order valence-corrected chi connectivity index (χ2v) is 14.9. The van der Waals surface area contributed by atoms with Gasteiger partial charge in [-0.25, -0.2) is 0 Å². The number of aliphatic hydroxyl groups is 1. The molecule has 0 aliphatic heterocycles. The number of ketones is 1. The molecule has 1 radical (unpaired) electrons. The molecule has 5 rings (SSSR count). The Labute approximate surface area is 303 Å². The molecule has 6 heteroatoms. The van der Waals surface area contributed by atoms with E-state index in [9.17, 15) is 9.90 Å². The number of pyridine rings is 1. The van der Waals surface area contributed by atoms with Crippen molar-refractivity contribution in [1.29, 1.82) is 0 Å². The van der Waals surface area contributed by atoms with Gasteiger partial charge in [0.2, 0.25) is 0 Å². The number of nitrogens with zero attached hydrogens (tertiary/aromatic N) is 1. The van der Waals surface area contributed by atoms with Crippen LogP contribution in [0.1, 0.15) is 83.9 Å². The fraction of sp³-hybridized carbons (Fsp3) is 0.366. The van der Waals surface area contributed by atoms with E-state index in [1.54, 1.807) is 0 Å². The molecule has 0 aliphatic rings. The summed E-state index contributed by atoms with van der Waals surface area (Å²) in [6.45, 7) is 18.5. The van der Waals surface area contributed by atoms with Gasteiger partial charge in [0.25, 0.3) is 0 Å². The van der Waals surface area contributed by atoms with Crippen LogP contribution in [0.4, 0.5) is 0 Å². The van der Waals surface area contributed by atoms with Crippen molar-refractivity contribution >= 4 is 38.5 Å². The monoisotopic (exact) mass is 843 g/mol. The molecule has 0 saturated carbocycles. The van der Waals surface area contributed by atoms with E-state index in [0.717, 1.165) is 42.5 Å². The average Bonchev–Trinajstić information content (AvgIpc) is 3.69. The molecule has 0 bridgehead atoms. The van der Waals surface area contributed by atoms with E-state index < -0.39 is 0 Å². The van der Waals surface area contributed by atoms with Gasteiger partial charge in [0.05, 0.1) is 0 Å². The average molecular weight is 843 g/mol. The Hall–Kier alpha value is -2.89. The summed E-state index contributed by atoms with van der Waals surface area (Å²) in [6, 6.07) is 25.1. The van der Waals surface area contributed by atoms with E-state index in [-0.39, 0.29) is 42.5 Å². The predicted octanol–water partition coefficient (Wildman–Crippen LogP) is 12.7. The molecule has 47 heavy (non-hydrogen) atoms. The first kappa shape index (κ1) is 38.6. The zero-order valence-corrected chi connectivity index (χ0v) is 33.2. The molecular formula is C41H48IrNO2S2-. The molecule has 3 heterocycles. The molecule has 3 nitrogen and oxygen atoms in total. The fourth-order valence-corrected chi connectivity index (χ4v) is 7.98. The van der Waals surface area contributed by atoms with Gasteiger partial charge in [-0.15, -0.1) is 57.6 Å². The van der Waals surface area contributed by atoms with E-state index in [1.807, 2.05) is 70.4 Å². The number of hydrogen-bond donors (Lipinski definition) is 1. The van der Waals surface area contributed by atoms with Crippen LogP contribution in [-0.4, -0.2) is 15.9 Å². The maximum absolute atomic E-state index is 12.2. The van der Waals surface area contributed by atoms with Gasteiger partial charge < -0.3 is 10.1 Å². The maximum Gasteiger partial charge on any atom is 0.164 e. The van der Waals surface area contributed by atoms with Crippen molar-refractivity contribution < 1.29 is 30.0 Å². The number of aryl methyl sites for hydroxylation is 3. The number of aromatic nitrogens is 1. The minimum absolute atomic E-state index is 0. The van der Waals surface area contributed by atoms with E-state index in [0.29, 0.717) is 0 Å². The molecule has 3 aromatic heterocycles. The molecule has 1 N–H and O–H groups in total. The van der Waals surface area contributed by atoms with Crippen molar-refractivity contribution in [1.82, 2.24) is 4.98 Å². The Kier molecular flexibility index (Phi) is 13.5. The number of carbonyl (C=O) groups excluding carboxylic acids is 1. The first-order valence-corrected chi connectivity index (χ1v) is 18.0. The van der Waals surface area contributed by atoms with Gasteiger partial charge in [-0.3, -0.25) is 4.79 Å². The van der Waals surface area contributed by atoms with Crippen LogP contribution in [0.2, 0.25) is 0 Å². The smallest absolute Gasteiger partial charge is 0.164 e. The van der Waals surface area contributed by atoms with Crippen molar-refractivity contribution in [2.24, 2.45) is 10.8 Å². The summed E-state index contributed by atoms with van der Waals surface area (Å²) >= 11 is 3.70. The van der Waals surface area contributed by atoms with Crippen molar-refractivity contribution in [2.75, 3.05) is 0 Å². The number of thiophene rings is 2. The second kappa shape index (κ2) is 16.5. The molecule has 2 aromatic carbocycles. The van der Waals surface area contributed by atoms with Crippen LogP contribution in [0.15, 0.2) is 78.7 Å². The van der Waals surface area contributed by atoms with Crippen LogP contribution in [-0.2, 0) is 24.9 Å². The van der Waals surface area contributed by atoms with Crippen molar-refractivity contribution in [2.45, 2.75) is 88.0 Å². The minimum atomic E-state index is -0.337. The molecule has 0 atom stereocenters. The third-order valence-corrected chi connectivity index (χ3v) is 12.4. The first-order chi connectivity index (χ1) is 21.9. The number of aliphatic hydroxyl groups excluding tert-OH is 1. The zero-order chi connectivity index (χ0) is 33.6.